The number of rotatable bonds is 4. The molecule has 0 aliphatic carbocycles. The predicted octanol–water partition coefficient (Wildman–Crippen LogP) is 2.86. The Morgan fingerprint density at radius 3 is 2.97 bits per heavy atom. The van der Waals surface area contributed by atoms with Crippen LogP contribution in [0.1, 0.15) is 23.8 Å². The number of hydrogen-bond donors (Lipinski definition) is 1. The number of aromatic nitrogens is 5. The highest BCUT2D eigenvalue weighted by Crippen LogP contribution is 2.33. The molecule has 4 heterocycles. The largest absolute Gasteiger partial charge is 0.360 e. The van der Waals surface area contributed by atoms with Gasteiger partial charge in [-0.25, -0.2) is 9.67 Å². The fourth-order valence-corrected chi connectivity index (χ4v) is 4.69. The van der Waals surface area contributed by atoms with E-state index in [2.05, 4.69) is 15.6 Å². The quantitative estimate of drug-likeness (QED) is 0.504. The lowest BCUT2D eigenvalue weighted by atomic mass is 10.2. The van der Waals surface area contributed by atoms with E-state index >= 15 is 0 Å². The molecule has 10 heteroatoms. The van der Waals surface area contributed by atoms with E-state index in [0.717, 1.165) is 11.3 Å². The first-order valence-corrected chi connectivity index (χ1v) is 10.4. The van der Waals surface area contributed by atoms with Crippen LogP contribution in [-0.4, -0.2) is 36.1 Å². The molecule has 1 atom stereocenters. The van der Waals surface area contributed by atoms with Crippen molar-refractivity contribution in [2.75, 3.05) is 11.1 Å². The molecule has 0 saturated carbocycles. The van der Waals surface area contributed by atoms with Gasteiger partial charge in [-0.05, 0) is 31.5 Å². The van der Waals surface area contributed by atoms with E-state index in [1.165, 1.54) is 11.8 Å². The number of anilines is 1. The second-order valence-electron chi connectivity index (χ2n) is 7.24. The minimum absolute atomic E-state index is 0.144. The Kier molecular flexibility index (Phi) is 4.43. The number of nitrogens with zero attached hydrogens (tertiary/aromatic N) is 5. The second-order valence-corrected chi connectivity index (χ2v) is 8.23. The van der Waals surface area contributed by atoms with Crippen LogP contribution in [0.5, 0.6) is 0 Å². The maximum absolute atomic E-state index is 13.2. The van der Waals surface area contributed by atoms with Crippen LogP contribution in [0.15, 0.2) is 51.0 Å². The Labute approximate surface area is 175 Å². The number of amides is 1. The molecule has 9 nitrogen and oxygen atoms in total. The molecule has 0 spiro atoms. The average Bonchev–Trinajstić information content (AvgIpc) is 3.41. The Morgan fingerprint density at radius 1 is 1.33 bits per heavy atom. The highest BCUT2D eigenvalue weighted by atomic mass is 32.2. The molecule has 152 valence electrons. The summed E-state index contributed by atoms with van der Waals surface area (Å²) in [5.74, 6) is 1.34. The molecule has 4 aromatic rings. The maximum atomic E-state index is 13.2. The van der Waals surface area contributed by atoms with E-state index < -0.39 is 0 Å². The van der Waals surface area contributed by atoms with Gasteiger partial charge in [0.15, 0.2) is 16.6 Å². The van der Waals surface area contributed by atoms with Gasteiger partial charge in [-0.15, -0.1) is 0 Å². The zero-order chi connectivity index (χ0) is 20.8. The molecule has 0 bridgehead atoms. The number of carbonyl (C=O) groups is 1. The summed E-state index contributed by atoms with van der Waals surface area (Å²) in [7, 11) is 0. The molecular formula is C20H18N6O3S. The van der Waals surface area contributed by atoms with Crippen LogP contribution in [0.25, 0.3) is 16.7 Å². The molecule has 5 rings (SSSR count). The smallest absolute Gasteiger partial charge is 0.265 e. The van der Waals surface area contributed by atoms with E-state index in [0.29, 0.717) is 33.5 Å². The van der Waals surface area contributed by atoms with E-state index in [4.69, 9.17) is 9.51 Å². The number of carbonyl (C=O) groups excluding carboxylic acids is 1. The lowest BCUT2D eigenvalue weighted by Gasteiger charge is -2.12. The number of benzene rings is 1. The van der Waals surface area contributed by atoms with Gasteiger partial charge in [-0.1, -0.05) is 29.1 Å². The third-order valence-corrected chi connectivity index (χ3v) is 6.03. The number of fused-ring (bicyclic) bond motifs is 2. The Hall–Kier alpha value is -3.40. The van der Waals surface area contributed by atoms with Gasteiger partial charge in [0.25, 0.3) is 5.56 Å². The third kappa shape index (κ3) is 3.18. The molecule has 0 radical (unpaired) electrons. The standard InChI is InChI=1S/C20H18N6O3S/c1-11-4-3-5-13(6-11)26-18-15(9-21-26)19(28)25-14(10-30-20(25)23-18)8-17(27)22-16-7-12(2)29-24-16/h3-7,9,14H,8,10H2,1-2H3,(H,22,24,27). The van der Waals surface area contributed by atoms with Crippen molar-refractivity contribution < 1.29 is 9.32 Å². The minimum Gasteiger partial charge on any atom is -0.360 e. The first-order chi connectivity index (χ1) is 14.5. The lowest BCUT2D eigenvalue weighted by molar-refractivity contribution is -0.116. The monoisotopic (exact) mass is 422 g/mol. The summed E-state index contributed by atoms with van der Waals surface area (Å²) in [5, 5.41) is 11.9. The summed E-state index contributed by atoms with van der Waals surface area (Å²) in [6, 6.07) is 9.22. The summed E-state index contributed by atoms with van der Waals surface area (Å²) in [6.07, 6.45) is 1.68. The van der Waals surface area contributed by atoms with Crippen molar-refractivity contribution >= 4 is 34.5 Å². The van der Waals surface area contributed by atoms with Crippen LogP contribution < -0.4 is 10.9 Å². The Bertz CT molecular complexity index is 1340. The zero-order valence-electron chi connectivity index (χ0n) is 16.3. The van der Waals surface area contributed by atoms with Gasteiger partial charge in [0.2, 0.25) is 5.91 Å². The number of hydrogen-bond acceptors (Lipinski definition) is 7. The van der Waals surface area contributed by atoms with Gasteiger partial charge in [-0.3, -0.25) is 14.2 Å². The normalized spacial score (nSPS) is 15.5. The van der Waals surface area contributed by atoms with Crippen molar-refractivity contribution in [1.29, 1.82) is 0 Å². The molecule has 0 fully saturated rings. The third-order valence-electron chi connectivity index (χ3n) is 4.93. The van der Waals surface area contributed by atoms with Gasteiger partial charge in [0.1, 0.15) is 11.1 Å². The molecule has 30 heavy (non-hydrogen) atoms. The highest BCUT2D eigenvalue weighted by Gasteiger charge is 2.29. The van der Waals surface area contributed by atoms with Crippen LogP contribution >= 0.6 is 11.8 Å². The van der Waals surface area contributed by atoms with Crippen molar-refractivity contribution in [3.05, 3.63) is 58.2 Å². The van der Waals surface area contributed by atoms with E-state index in [1.807, 2.05) is 31.2 Å². The zero-order valence-corrected chi connectivity index (χ0v) is 17.1. The first kappa shape index (κ1) is 18.6. The molecule has 1 aromatic carbocycles. The van der Waals surface area contributed by atoms with Crippen molar-refractivity contribution in [2.45, 2.75) is 31.5 Å². The second kappa shape index (κ2) is 7.13. The van der Waals surface area contributed by atoms with Crippen LogP contribution in [0.4, 0.5) is 5.82 Å². The summed E-state index contributed by atoms with van der Waals surface area (Å²) in [5.41, 5.74) is 2.28. The van der Waals surface area contributed by atoms with E-state index in [9.17, 15) is 9.59 Å². The molecule has 1 N–H and O–H groups in total. The maximum Gasteiger partial charge on any atom is 0.265 e. The van der Waals surface area contributed by atoms with E-state index in [1.54, 1.807) is 28.4 Å². The summed E-state index contributed by atoms with van der Waals surface area (Å²) in [4.78, 5) is 30.3. The number of aryl methyl sites for hydroxylation is 2. The molecule has 1 aliphatic heterocycles. The van der Waals surface area contributed by atoms with Crippen LogP contribution in [-0.2, 0) is 4.79 Å². The Balaban J connectivity index is 1.47. The Morgan fingerprint density at radius 2 is 2.20 bits per heavy atom. The molecule has 1 unspecified atom stereocenters. The van der Waals surface area contributed by atoms with Crippen LogP contribution in [0.2, 0.25) is 0 Å². The molecular weight excluding hydrogens is 404 g/mol. The molecule has 1 aliphatic rings. The van der Waals surface area contributed by atoms with Crippen molar-refractivity contribution in [2.24, 2.45) is 0 Å². The van der Waals surface area contributed by atoms with Gasteiger partial charge >= 0.3 is 0 Å². The van der Waals surface area contributed by atoms with E-state index in [-0.39, 0.29) is 23.9 Å². The van der Waals surface area contributed by atoms with Gasteiger partial charge < -0.3 is 9.84 Å². The van der Waals surface area contributed by atoms with Crippen molar-refractivity contribution in [1.82, 2.24) is 24.5 Å². The van der Waals surface area contributed by atoms with Gasteiger partial charge in [0, 0.05) is 18.2 Å². The lowest BCUT2D eigenvalue weighted by Crippen LogP contribution is -2.27. The van der Waals surface area contributed by atoms with Gasteiger partial charge in [-0.2, -0.15) is 5.10 Å². The van der Waals surface area contributed by atoms with Gasteiger partial charge in [0.05, 0.1) is 17.9 Å². The number of thioether (sulfide) groups is 1. The SMILES string of the molecule is Cc1cccc(-n2ncc3c(=O)n4c(nc32)SCC4CC(=O)Nc2cc(C)on2)c1. The minimum atomic E-state index is -0.287. The van der Waals surface area contributed by atoms with Crippen LogP contribution in [0.3, 0.4) is 0 Å². The summed E-state index contributed by atoms with van der Waals surface area (Å²) in [6.45, 7) is 3.75. The predicted molar refractivity (Wildman–Crippen MR) is 112 cm³/mol. The first-order valence-electron chi connectivity index (χ1n) is 9.43. The number of nitrogens with one attached hydrogen (secondary N) is 1. The fraction of sp³-hybridized carbons (Fsp3) is 0.250. The fourth-order valence-electron chi connectivity index (χ4n) is 3.56. The highest BCUT2D eigenvalue weighted by molar-refractivity contribution is 7.99. The molecule has 0 saturated heterocycles. The van der Waals surface area contributed by atoms with Crippen LogP contribution in [0, 0.1) is 13.8 Å². The van der Waals surface area contributed by atoms with Crippen molar-refractivity contribution in [3.8, 4) is 5.69 Å². The topological polar surface area (TPSA) is 108 Å². The summed E-state index contributed by atoms with van der Waals surface area (Å²) < 4.78 is 8.24. The summed E-state index contributed by atoms with van der Waals surface area (Å²) >= 11 is 1.46. The molecule has 3 aromatic heterocycles. The average molecular weight is 422 g/mol. The molecule has 1 amide bonds. The van der Waals surface area contributed by atoms with Crippen molar-refractivity contribution in [3.63, 3.8) is 0 Å².